The fourth-order valence-electron chi connectivity index (χ4n) is 1.57. The van der Waals surface area contributed by atoms with Gasteiger partial charge in [-0.3, -0.25) is 0 Å². The van der Waals surface area contributed by atoms with E-state index in [1.54, 1.807) is 24.3 Å². The van der Waals surface area contributed by atoms with E-state index >= 15 is 0 Å². The molecule has 8 heteroatoms. The van der Waals surface area contributed by atoms with Crippen LogP contribution in [0.25, 0.3) is 0 Å². The van der Waals surface area contributed by atoms with E-state index in [-0.39, 0.29) is 6.54 Å². The number of halogens is 4. The average Bonchev–Trinajstić information content (AvgIpc) is 2.44. The van der Waals surface area contributed by atoms with Gasteiger partial charge in [0.2, 0.25) is 10.0 Å². The summed E-state index contributed by atoms with van der Waals surface area (Å²) in [5, 5.41) is 0. The second-order valence-electron chi connectivity index (χ2n) is 4.12. The largest absolute Gasteiger partial charge is 0.243 e. The Bertz CT molecular complexity index is 764. The van der Waals surface area contributed by atoms with Gasteiger partial charge in [-0.2, -0.15) is 0 Å². The standard InChI is InChI=1S/C13H9BrF3NO2S/c14-9-3-1-8(2-4-9)7-18-21(19,20)11-6-5-10(15)12(16)13(11)17/h1-6,18H,7H2. The highest BCUT2D eigenvalue weighted by atomic mass is 79.9. The second-order valence-corrected chi connectivity index (χ2v) is 6.78. The molecule has 2 rings (SSSR count). The molecule has 0 spiro atoms. The molecule has 2 aromatic carbocycles. The maximum atomic E-state index is 13.5. The van der Waals surface area contributed by atoms with Gasteiger partial charge in [0.25, 0.3) is 0 Å². The summed E-state index contributed by atoms with van der Waals surface area (Å²) in [6.07, 6.45) is 0. The summed E-state index contributed by atoms with van der Waals surface area (Å²) < 4.78 is 66.1. The first-order valence-electron chi connectivity index (χ1n) is 5.69. The minimum atomic E-state index is -4.28. The summed E-state index contributed by atoms with van der Waals surface area (Å²) in [5.74, 6) is -5.00. The number of nitrogens with one attached hydrogen (secondary N) is 1. The number of rotatable bonds is 4. The first kappa shape index (κ1) is 16.0. The highest BCUT2D eigenvalue weighted by molar-refractivity contribution is 9.10. The molecule has 2 aromatic rings. The summed E-state index contributed by atoms with van der Waals surface area (Å²) in [4.78, 5) is -0.932. The molecule has 1 N–H and O–H groups in total. The maximum absolute atomic E-state index is 13.5. The molecule has 0 atom stereocenters. The molecule has 0 aliphatic heterocycles. The van der Waals surface area contributed by atoms with Crippen molar-refractivity contribution in [3.05, 3.63) is 63.9 Å². The van der Waals surface area contributed by atoms with E-state index in [4.69, 9.17) is 0 Å². The zero-order chi connectivity index (χ0) is 15.6. The summed E-state index contributed by atoms with van der Waals surface area (Å²) in [7, 11) is -4.28. The van der Waals surface area contributed by atoms with Crippen molar-refractivity contribution >= 4 is 26.0 Å². The molecule has 0 bridgehead atoms. The smallest absolute Gasteiger partial charge is 0.207 e. The Morgan fingerprint density at radius 1 is 0.952 bits per heavy atom. The summed E-state index contributed by atoms with van der Waals surface area (Å²) in [5.41, 5.74) is 0.629. The summed E-state index contributed by atoms with van der Waals surface area (Å²) >= 11 is 3.23. The van der Waals surface area contributed by atoms with Crippen LogP contribution in [0, 0.1) is 17.5 Å². The van der Waals surface area contributed by atoms with Crippen molar-refractivity contribution in [2.45, 2.75) is 11.4 Å². The van der Waals surface area contributed by atoms with E-state index in [1.807, 2.05) is 0 Å². The molecule has 0 aliphatic carbocycles. The quantitative estimate of drug-likeness (QED) is 0.828. The zero-order valence-corrected chi connectivity index (χ0v) is 12.8. The lowest BCUT2D eigenvalue weighted by Gasteiger charge is -2.08. The number of benzene rings is 2. The Kier molecular flexibility index (Phi) is 4.70. The summed E-state index contributed by atoms with van der Waals surface area (Å²) in [6.45, 7) is -0.103. The van der Waals surface area contributed by atoms with Gasteiger partial charge < -0.3 is 0 Å². The predicted octanol–water partition coefficient (Wildman–Crippen LogP) is 3.34. The molecule has 0 fully saturated rings. The van der Waals surface area contributed by atoms with E-state index in [1.165, 1.54) is 0 Å². The van der Waals surface area contributed by atoms with Crippen molar-refractivity contribution < 1.29 is 21.6 Å². The fourth-order valence-corrected chi connectivity index (χ4v) is 2.92. The van der Waals surface area contributed by atoms with Crippen molar-refractivity contribution in [3.8, 4) is 0 Å². The van der Waals surface area contributed by atoms with E-state index in [0.717, 1.165) is 4.47 Å². The lowest BCUT2D eigenvalue weighted by molar-refractivity contribution is 0.431. The Labute approximate surface area is 128 Å². The van der Waals surface area contributed by atoms with Crippen LogP contribution in [0.3, 0.4) is 0 Å². The lowest BCUT2D eigenvalue weighted by atomic mass is 10.2. The molecule has 3 nitrogen and oxygen atoms in total. The first-order chi connectivity index (χ1) is 9.81. The summed E-state index contributed by atoms with van der Waals surface area (Å²) in [6, 6.07) is 7.98. The molecule has 0 aromatic heterocycles. The van der Waals surface area contributed by atoms with Crippen molar-refractivity contribution in [1.29, 1.82) is 0 Å². The van der Waals surface area contributed by atoms with Gasteiger partial charge in [0, 0.05) is 11.0 Å². The molecular weight excluding hydrogens is 371 g/mol. The molecule has 0 radical (unpaired) electrons. The van der Waals surface area contributed by atoms with Gasteiger partial charge in [0.15, 0.2) is 17.5 Å². The normalized spacial score (nSPS) is 11.6. The fraction of sp³-hybridized carbons (Fsp3) is 0.0769. The van der Waals surface area contributed by atoms with E-state index in [0.29, 0.717) is 17.7 Å². The van der Waals surface area contributed by atoms with E-state index < -0.39 is 32.4 Å². The van der Waals surface area contributed by atoms with Gasteiger partial charge in [-0.05, 0) is 29.8 Å². The van der Waals surface area contributed by atoms with Gasteiger partial charge in [-0.1, -0.05) is 28.1 Å². The average molecular weight is 380 g/mol. The van der Waals surface area contributed by atoms with Crippen molar-refractivity contribution in [3.63, 3.8) is 0 Å². The molecule has 0 saturated heterocycles. The van der Waals surface area contributed by atoms with Gasteiger partial charge in [-0.25, -0.2) is 26.3 Å². The van der Waals surface area contributed by atoms with Crippen molar-refractivity contribution in [2.75, 3.05) is 0 Å². The van der Waals surface area contributed by atoms with E-state index in [9.17, 15) is 21.6 Å². The molecular formula is C13H9BrF3NO2S. The molecule has 0 aliphatic rings. The van der Waals surface area contributed by atoms with Crippen LogP contribution in [0.15, 0.2) is 45.8 Å². The van der Waals surface area contributed by atoms with Crippen molar-refractivity contribution in [2.24, 2.45) is 0 Å². The van der Waals surface area contributed by atoms with Crippen LogP contribution >= 0.6 is 15.9 Å². The molecule has 0 saturated carbocycles. The van der Waals surface area contributed by atoms with Crippen LogP contribution in [-0.2, 0) is 16.6 Å². The monoisotopic (exact) mass is 379 g/mol. The zero-order valence-electron chi connectivity index (χ0n) is 10.4. The van der Waals surface area contributed by atoms with Gasteiger partial charge in [-0.15, -0.1) is 0 Å². The Morgan fingerprint density at radius 3 is 2.19 bits per heavy atom. The van der Waals surface area contributed by atoms with Crippen LogP contribution in [0.5, 0.6) is 0 Å². The molecule has 112 valence electrons. The maximum Gasteiger partial charge on any atom is 0.243 e. The Hall–Kier alpha value is -1.38. The third-order valence-electron chi connectivity index (χ3n) is 2.67. The predicted molar refractivity (Wildman–Crippen MR) is 74.5 cm³/mol. The third kappa shape index (κ3) is 3.63. The van der Waals surface area contributed by atoms with Crippen LogP contribution in [0.4, 0.5) is 13.2 Å². The molecule has 0 unspecified atom stereocenters. The second kappa shape index (κ2) is 6.17. The highest BCUT2D eigenvalue weighted by Crippen LogP contribution is 2.20. The van der Waals surface area contributed by atoms with E-state index in [2.05, 4.69) is 20.7 Å². The van der Waals surface area contributed by atoms with Gasteiger partial charge in [0.05, 0.1) is 0 Å². The Morgan fingerprint density at radius 2 is 1.57 bits per heavy atom. The highest BCUT2D eigenvalue weighted by Gasteiger charge is 2.23. The van der Waals surface area contributed by atoms with Crippen LogP contribution in [-0.4, -0.2) is 8.42 Å². The van der Waals surface area contributed by atoms with Crippen LogP contribution < -0.4 is 4.72 Å². The molecule has 21 heavy (non-hydrogen) atoms. The Balaban J connectivity index is 2.23. The van der Waals surface area contributed by atoms with Gasteiger partial charge >= 0.3 is 0 Å². The van der Waals surface area contributed by atoms with Crippen LogP contribution in [0.1, 0.15) is 5.56 Å². The third-order valence-corrected chi connectivity index (χ3v) is 4.62. The van der Waals surface area contributed by atoms with Crippen molar-refractivity contribution in [1.82, 2.24) is 4.72 Å². The minimum absolute atomic E-state index is 0.103. The number of hydrogen-bond donors (Lipinski definition) is 1. The number of sulfonamides is 1. The first-order valence-corrected chi connectivity index (χ1v) is 7.96. The SMILES string of the molecule is O=S(=O)(NCc1ccc(Br)cc1)c1ccc(F)c(F)c1F. The van der Waals surface area contributed by atoms with Gasteiger partial charge in [0.1, 0.15) is 4.90 Å². The topological polar surface area (TPSA) is 46.2 Å². The lowest BCUT2D eigenvalue weighted by Crippen LogP contribution is -2.24. The van der Waals surface area contributed by atoms with Crippen LogP contribution in [0.2, 0.25) is 0 Å². The number of hydrogen-bond acceptors (Lipinski definition) is 2. The molecule has 0 amide bonds. The molecule has 0 heterocycles. The minimum Gasteiger partial charge on any atom is -0.207 e.